The number of aliphatic carboxylic acids is 1. The molecule has 1 unspecified atom stereocenters. The number of hydrogen-bond acceptors (Lipinski definition) is 7. The summed E-state index contributed by atoms with van der Waals surface area (Å²) in [6, 6.07) is 4.17. The highest BCUT2D eigenvalue weighted by Gasteiger charge is 2.23. The summed E-state index contributed by atoms with van der Waals surface area (Å²) in [5.41, 5.74) is 2.81. The second kappa shape index (κ2) is 10.5. The van der Waals surface area contributed by atoms with Crippen molar-refractivity contribution in [2.75, 3.05) is 25.0 Å². The van der Waals surface area contributed by atoms with E-state index in [1.807, 2.05) is 19.2 Å². The molecular weight excluding hydrogens is 450 g/mol. The summed E-state index contributed by atoms with van der Waals surface area (Å²) in [5.74, 6) is -0.136. The van der Waals surface area contributed by atoms with E-state index in [9.17, 15) is 9.59 Å². The van der Waals surface area contributed by atoms with E-state index < -0.39 is 5.97 Å². The average molecular weight is 482 g/mol. The summed E-state index contributed by atoms with van der Waals surface area (Å²) in [5, 5.41) is 15.7. The van der Waals surface area contributed by atoms with Crippen molar-refractivity contribution in [2.45, 2.75) is 51.5 Å². The quantitative estimate of drug-likeness (QED) is 0.476. The Balaban J connectivity index is 1.68. The normalized spacial score (nSPS) is 16.7. The van der Waals surface area contributed by atoms with Crippen LogP contribution in [0.2, 0.25) is 0 Å². The number of piperidine rings is 1. The standard InChI is InChI=1S/C25H31N5O3S/c1-16(2)20-15-34-22(27-20)8-6-17-10-12-30-21(13-17)28-24(19(25(30)33)7-9-23(31)32)29-11-4-5-18(14-29)26-3/h7,9-10,12-13,15-16,18,26H,4-6,8,11,14H2,1-3H3,(H,31,32)/b9-7+. The number of aryl methyl sites for hydroxylation is 2. The van der Waals surface area contributed by atoms with E-state index in [4.69, 9.17) is 15.1 Å². The van der Waals surface area contributed by atoms with Gasteiger partial charge in [-0.2, -0.15) is 0 Å². The molecule has 0 spiro atoms. The molecule has 0 radical (unpaired) electrons. The molecule has 0 saturated carbocycles. The summed E-state index contributed by atoms with van der Waals surface area (Å²) in [6.07, 6.45) is 7.77. The van der Waals surface area contributed by atoms with E-state index in [1.54, 1.807) is 17.5 Å². The number of carboxylic acids is 1. The van der Waals surface area contributed by atoms with Gasteiger partial charge in [0.25, 0.3) is 5.56 Å². The van der Waals surface area contributed by atoms with Crippen LogP contribution in [0, 0.1) is 0 Å². The van der Waals surface area contributed by atoms with Gasteiger partial charge in [-0.3, -0.25) is 9.20 Å². The number of nitrogens with one attached hydrogen (secondary N) is 1. The molecule has 3 aromatic rings. The van der Waals surface area contributed by atoms with Crippen molar-refractivity contribution >= 4 is 34.8 Å². The van der Waals surface area contributed by atoms with Gasteiger partial charge in [0.15, 0.2) is 0 Å². The van der Waals surface area contributed by atoms with Crippen molar-refractivity contribution in [1.82, 2.24) is 19.7 Å². The summed E-state index contributed by atoms with van der Waals surface area (Å²) in [4.78, 5) is 36.2. The Bertz CT molecular complexity index is 1260. The number of carbonyl (C=O) groups is 1. The van der Waals surface area contributed by atoms with E-state index in [0.717, 1.165) is 61.1 Å². The molecule has 1 atom stereocenters. The van der Waals surface area contributed by atoms with Crippen LogP contribution in [0.1, 0.15) is 54.4 Å². The van der Waals surface area contributed by atoms with Crippen LogP contribution in [-0.4, -0.2) is 51.6 Å². The molecule has 180 valence electrons. The molecule has 0 aliphatic carbocycles. The molecule has 0 bridgehead atoms. The zero-order valence-corrected chi connectivity index (χ0v) is 20.6. The third-order valence-corrected chi connectivity index (χ3v) is 7.15. The van der Waals surface area contributed by atoms with Gasteiger partial charge in [0.05, 0.1) is 16.3 Å². The van der Waals surface area contributed by atoms with Crippen molar-refractivity contribution in [2.24, 2.45) is 0 Å². The number of anilines is 1. The van der Waals surface area contributed by atoms with Crippen LogP contribution >= 0.6 is 11.3 Å². The van der Waals surface area contributed by atoms with E-state index in [0.29, 0.717) is 29.0 Å². The van der Waals surface area contributed by atoms with E-state index >= 15 is 0 Å². The minimum absolute atomic E-state index is 0.267. The van der Waals surface area contributed by atoms with Gasteiger partial charge in [-0.15, -0.1) is 11.3 Å². The maximum atomic E-state index is 13.3. The lowest BCUT2D eigenvalue weighted by atomic mass is 10.1. The van der Waals surface area contributed by atoms with Crippen LogP contribution in [0.15, 0.2) is 34.6 Å². The van der Waals surface area contributed by atoms with Gasteiger partial charge in [0, 0.05) is 43.2 Å². The number of hydrogen-bond donors (Lipinski definition) is 2. The predicted octanol–water partition coefficient (Wildman–Crippen LogP) is 3.35. The molecule has 4 heterocycles. The molecular formula is C25H31N5O3S. The first-order chi connectivity index (χ1) is 16.4. The Morgan fingerprint density at radius 1 is 1.35 bits per heavy atom. The Labute approximate surface area is 203 Å². The smallest absolute Gasteiger partial charge is 0.328 e. The zero-order chi connectivity index (χ0) is 24.2. The number of aromatic nitrogens is 3. The van der Waals surface area contributed by atoms with E-state index in [-0.39, 0.29) is 5.56 Å². The second-order valence-corrected chi connectivity index (χ2v) is 9.93. The average Bonchev–Trinajstić information content (AvgIpc) is 3.31. The summed E-state index contributed by atoms with van der Waals surface area (Å²) >= 11 is 1.69. The van der Waals surface area contributed by atoms with Crippen molar-refractivity contribution in [3.63, 3.8) is 0 Å². The molecule has 1 saturated heterocycles. The number of nitrogens with zero attached hydrogens (tertiary/aromatic N) is 4. The Hall–Kier alpha value is -3.04. The van der Waals surface area contributed by atoms with Crippen LogP contribution in [0.4, 0.5) is 5.82 Å². The number of pyridine rings is 1. The van der Waals surface area contributed by atoms with Gasteiger partial charge in [0.1, 0.15) is 11.5 Å². The molecule has 0 aromatic carbocycles. The molecule has 34 heavy (non-hydrogen) atoms. The second-order valence-electron chi connectivity index (χ2n) is 8.98. The first kappa shape index (κ1) is 24.1. The highest BCUT2D eigenvalue weighted by atomic mass is 32.1. The number of fused-ring (bicyclic) bond motifs is 1. The first-order valence-electron chi connectivity index (χ1n) is 11.7. The lowest BCUT2D eigenvalue weighted by Crippen LogP contribution is -2.45. The van der Waals surface area contributed by atoms with Gasteiger partial charge in [-0.1, -0.05) is 13.8 Å². The summed E-state index contributed by atoms with van der Waals surface area (Å²) < 4.78 is 1.49. The maximum Gasteiger partial charge on any atom is 0.328 e. The minimum Gasteiger partial charge on any atom is -0.478 e. The van der Waals surface area contributed by atoms with Crippen LogP contribution in [-0.2, 0) is 17.6 Å². The number of rotatable bonds is 8. The van der Waals surface area contributed by atoms with Crippen LogP contribution in [0.3, 0.4) is 0 Å². The lowest BCUT2D eigenvalue weighted by Gasteiger charge is -2.34. The van der Waals surface area contributed by atoms with Gasteiger partial charge in [-0.05, 0) is 56.0 Å². The molecule has 2 N–H and O–H groups in total. The van der Waals surface area contributed by atoms with Crippen molar-refractivity contribution in [1.29, 1.82) is 0 Å². The van der Waals surface area contributed by atoms with E-state index in [2.05, 4.69) is 29.4 Å². The predicted molar refractivity (Wildman–Crippen MR) is 136 cm³/mol. The molecule has 9 heteroatoms. The molecule has 8 nitrogen and oxygen atoms in total. The molecule has 1 aliphatic rings. The Kier molecular flexibility index (Phi) is 7.43. The topological polar surface area (TPSA) is 99.8 Å². The van der Waals surface area contributed by atoms with Gasteiger partial charge >= 0.3 is 5.97 Å². The van der Waals surface area contributed by atoms with Crippen LogP contribution in [0.5, 0.6) is 0 Å². The Morgan fingerprint density at radius 2 is 2.18 bits per heavy atom. The molecule has 4 rings (SSSR count). The van der Waals surface area contributed by atoms with Gasteiger partial charge < -0.3 is 15.3 Å². The number of likely N-dealkylation sites (N-methyl/N-ethyl adjacent to an activating group) is 1. The zero-order valence-electron chi connectivity index (χ0n) is 19.8. The van der Waals surface area contributed by atoms with E-state index in [1.165, 1.54) is 10.5 Å². The third kappa shape index (κ3) is 5.37. The number of carboxylic acid groups (broad SMARTS) is 1. The molecule has 0 amide bonds. The van der Waals surface area contributed by atoms with Gasteiger partial charge in [0.2, 0.25) is 0 Å². The Morgan fingerprint density at radius 3 is 2.88 bits per heavy atom. The minimum atomic E-state index is -1.10. The molecule has 1 aliphatic heterocycles. The fraction of sp³-hybridized carbons (Fsp3) is 0.440. The van der Waals surface area contributed by atoms with Crippen molar-refractivity contribution in [3.8, 4) is 0 Å². The van der Waals surface area contributed by atoms with Gasteiger partial charge in [-0.25, -0.2) is 14.8 Å². The highest BCUT2D eigenvalue weighted by Crippen LogP contribution is 2.23. The summed E-state index contributed by atoms with van der Waals surface area (Å²) in [6.45, 7) is 5.78. The summed E-state index contributed by atoms with van der Waals surface area (Å²) in [7, 11) is 1.93. The van der Waals surface area contributed by atoms with Crippen molar-refractivity contribution < 1.29 is 9.90 Å². The van der Waals surface area contributed by atoms with Crippen molar-refractivity contribution in [3.05, 3.63) is 62.0 Å². The first-order valence-corrected chi connectivity index (χ1v) is 12.6. The third-order valence-electron chi connectivity index (χ3n) is 6.22. The fourth-order valence-electron chi connectivity index (χ4n) is 4.24. The fourth-order valence-corrected chi connectivity index (χ4v) is 5.20. The lowest BCUT2D eigenvalue weighted by molar-refractivity contribution is -0.131. The largest absolute Gasteiger partial charge is 0.478 e. The highest BCUT2D eigenvalue weighted by molar-refractivity contribution is 7.09. The maximum absolute atomic E-state index is 13.3. The molecule has 1 fully saturated rings. The van der Waals surface area contributed by atoms with Crippen LogP contribution in [0.25, 0.3) is 11.7 Å². The molecule has 3 aromatic heterocycles. The van der Waals surface area contributed by atoms with Crippen LogP contribution < -0.4 is 15.8 Å². The number of thiazole rings is 1. The monoisotopic (exact) mass is 481 g/mol. The SMILES string of the molecule is CNC1CCCN(c2nc3cc(CCc4nc(C(C)C)cs4)ccn3c(=O)c2/C=C/C(=O)O)C1.